The summed E-state index contributed by atoms with van der Waals surface area (Å²) in [5, 5.41) is 4.17. The van der Waals surface area contributed by atoms with Gasteiger partial charge in [-0.15, -0.1) is 0 Å². The smallest absolute Gasteiger partial charge is 0.259 e. The van der Waals surface area contributed by atoms with Crippen molar-refractivity contribution < 1.29 is 4.52 Å². The largest absolute Gasteiger partial charge is 0.334 e. The first-order valence-corrected chi connectivity index (χ1v) is 9.04. The Morgan fingerprint density at radius 2 is 1.90 bits per heavy atom. The SMILES string of the molecule is NC1(c2noc(-c3cc(Br)ccc3I)n2)CCCCCC1. The molecule has 0 spiro atoms. The fourth-order valence-electron chi connectivity index (χ4n) is 2.78. The van der Waals surface area contributed by atoms with Gasteiger partial charge < -0.3 is 10.3 Å². The number of halogens is 2. The lowest BCUT2D eigenvalue weighted by Gasteiger charge is -2.23. The maximum absolute atomic E-state index is 6.54. The zero-order chi connectivity index (χ0) is 14.9. The fraction of sp³-hybridized carbons (Fsp3) is 0.467. The molecule has 0 aliphatic heterocycles. The van der Waals surface area contributed by atoms with Crippen molar-refractivity contribution in [3.8, 4) is 11.5 Å². The van der Waals surface area contributed by atoms with Crippen LogP contribution in [0.25, 0.3) is 11.5 Å². The molecule has 21 heavy (non-hydrogen) atoms. The van der Waals surface area contributed by atoms with Gasteiger partial charge in [0, 0.05) is 8.04 Å². The van der Waals surface area contributed by atoms with Gasteiger partial charge in [0.25, 0.3) is 5.89 Å². The molecule has 1 aromatic heterocycles. The van der Waals surface area contributed by atoms with Crippen LogP contribution < -0.4 is 5.73 Å². The van der Waals surface area contributed by atoms with E-state index in [2.05, 4.69) is 48.7 Å². The minimum absolute atomic E-state index is 0.435. The highest BCUT2D eigenvalue weighted by Crippen LogP contribution is 2.34. The van der Waals surface area contributed by atoms with E-state index in [1.165, 1.54) is 12.8 Å². The number of hydrogen-bond acceptors (Lipinski definition) is 4. The summed E-state index contributed by atoms with van der Waals surface area (Å²) in [7, 11) is 0. The van der Waals surface area contributed by atoms with Crippen molar-refractivity contribution in [1.29, 1.82) is 0 Å². The molecule has 0 atom stereocenters. The number of nitrogens with two attached hydrogens (primary N) is 1. The summed E-state index contributed by atoms with van der Waals surface area (Å²) in [4.78, 5) is 4.59. The Bertz CT molecular complexity index is 636. The van der Waals surface area contributed by atoms with Crippen molar-refractivity contribution in [2.75, 3.05) is 0 Å². The van der Waals surface area contributed by atoms with Crippen molar-refractivity contribution in [1.82, 2.24) is 10.1 Å². The molecular formula is C15H17BrIN3O. The normalized spacial score (nSPS) is 18.4. The zero-order valence-electron chi connectivity index (χ0n) is 11.6. The van der Waals surface area contributed by atoms with Crippen molar-refractivity contribution in [3.05, 3.63) is 32.1 Å². The molecule has 2 aromatic rings. The number of benzene rings is 1. The molecular weight excluding hydrogens is 445 g/mol. The van der Waals surface area contributed by atoms with E-state index < -0.39 is 5.54 Å². The van der Waals surface area contributed by atoms with Crippen molar-refractivity contribution in [3.63, 3.8) is 0 Å². The molecule has 0 radical (unpaired) electrons. The maximum atomic E-state index is 6.54. The van der Waals surface area contributed by atoms with Gasteiger partial charge in [0.05, 0.1) is 11.1 Å². The van der Waals surface area contributed by atoms with Gasteiger partial charge in [-0.2, -0.15) is 4.98 Å². The Kier molecular flexibility index (Phi) is 4.66. The summed E-state index contributed by atoms with van der Waals surface area (Å²) in [6.07, 6.45) is 6.62. The number of nitrogens with zero attached hydrogens (tertiary/aromatic N) is 2. The monoisotopic (exact) mass is 461 g/mol. The molecule has 0 bridgehead atoms. The predicted molar refractivity (Wildman–Crippen MR) is 93.7 cm³/mol. The lowest BCUT2D eigenvalue weighted by molar-refractivity contribution is 0.334. The topological polar surface area (TPSA) is 64.9 Å². The van der Waals surface area contributed by atoms with Crippen LogP contribution in [0, 0.1) is 3.57 Å². The standard InChI is InChI=1S/C15H17BrIN3O/c16-10-5-6-12(17)11(9-10)13-19-14(20-21-13)15(18)7-3-1-2-4-8-15/h5-6,9H,1-4,7-8,18H2. The van der Waals surface area contributed by atoms with Gasteiger partial charge in [-0.3, -0.25) is 0 Å². The van der Waals surface area contributed by atoms with E-state index in [0.717, 1.165) is 39.3 Å². The summed E-state index contributed by atoms with van der Waals surface area (Å²) >= 11 is 5.75. The van der Waals surface area contributed by atoms with E-state index >= 15 is 0 Å². The van der Waals surface area contributed by atoms with Gasteiger partial charge >= 0.3 is 0 Å². The first-order chi connectivity index (χ1) is 10.1. The highest BCUT2D eigenvalue weighted by Gasteiger charge is 2.33. The predicted octanol–water partition coefficient (Wildman–Crippen LogP) is 4.61. The van der Waals surface area contributed by atoms with E-state index in [-0.39, 0.29) is 0 Å². The van der Waals surface area contributed by atoms with E-state index in [1.54, 1.807) is 0 Å². The first-order valence-electron chi connectivity index (χ1n) is 7.17. The molecule has 1 aliphatic carbocycles. The third-order valence-electron chi connectivity index (χ3n) is 4.03. The molecule has 112 valence electrons. The molecule has 4 nitrogen and oxygen atoms in total. The molecule has 1 aromatic carbocycles. The Morgan fingerprint density at radius 1 is 1.19 bits per heavy atom. The summed E-state index contributed by atoms with van der Waals surface area (Å²) < 4.78 is 7.56. The Hall–Kier alpha value is -0.470. The Balaban J connectivity index is 1.94. The van der Waals surface area contributed by atoms with Crippen LogP contribution in [0.4, 0.5) is 0 Å². The van der Waals surface area contributed by atoms with E-state index in [4.69, 9.17) is 10.3 Å². The minimum Gasteiger partial charge on any atom is -0.334 e. The number of rotatable bonds is 2. The van der Waals surface area contributed by atoms with Crippen LogP contribution in [-0.4, -0.2) is 10.1 Å². The number of hydrogen-bond donors (Lipinski definition) is 1. The molecule has 1 aliphatic rings. The quantitative estimate of drug-likeness (QED) is 0.523. The lowest BCUT2D eigenvalue weighted by Crippen LogP contribution is -2.37. The van der Waals surface area contributed by atoms with Crippen LogP contribution in [0.5, 0.6) is 0 Å². The molecule has 6 heteroatoms. The van der Waals surface area contributed by atoms with Gasteiger partial charge in [0.2, 0.25) is 0 Å². The molecule has 0 unspecified atom stereocenters. The van der Waals surface area contributed by atoms with Gasteiger partial charge in [-0.25, -0.2) is 0 Å². The van der Waals surface area contributed by atoms with E-state index in [0.29, 0.717) is 11.7 Å². The van der Waals surface area contributed by atoms with Crippen molar-refractivity contribution >= 4 is 38.5 Å². The third-order valence-corrected chi connectivity index (χ3v) is 5.46. The summed E-state index contributed by atoms with van der Waals surface area (Å²) in [5.74, 6) is 1.19. The second kappa shape index (κ2) is 6.34. The van der Waals surface area contributed by atoms with Gasteiger partial charge in [0.15, 0.2) is 5.82 Å². The van der Waals surface area contributed by atoms with Gasteiger partial charge in [-0.05, 0) is 53.6 Å². The van der Waals surface area contributed by atoms with Gasteiger partial charge in [-0.1, -0.05) is 46.8 Å². The first kappa shape index (κ1) is 15.4. The maximum Gasteiger partial charge on any atom is 0.259 e. The van der Waals surface area contributed by atoms with Crippen LogP contribution in [0.15, 0.2) is 27.2 Å². The Labute approximate surface area is 146 Å². The number of aromatic nitrogens is 2. The molecule has 1 heterocycles. The molecule has 1 fully saturated rings. The summed E-state index contributed by atoms with van der Waals surface area (Å²) in [5.41, 5.74) is 7.05. The van der Waals surface area contributed by atoms with Crippen LogP contribution in [-0.2, 0) is 5.54 Å². The summed E-state index contributed by atoms with van der Waals surface area (Å²) in [6, 6.07) is 6.02. The van der Waals surface area contributed by atoms with Crippen LogP contribution in [0.2, 0.25) is 0 Å². The second-order valence-corrected chi connectivity index (χ2v) is 7.70. The molecule has 1 saturated carbocycles. The van der Waals surface area contributed by atoms with Crippen molar-refractivity contribution in [2.45, 2.75) is 44.1 Å². The highest BCUT2D eigenvalue weighted by atomic mass is 127. The summed E-state index contributed by atoms with van der Waals surface area (Å²) in [6.45, 7) is 0. The fourth-order valence-corrected chi connectivity index (χ4v) is 3.71. The van der Waals surface area contributed by atoms with Crippen LogP contribution in [0.1, 0.15) is 44.3 Å². The minimum atomic E-state index is -0.435. The average molecular weight is 462 g/mol. The lowest BCUT2D eigenvalue weighted by atomic mass is 9.91. The van der Waals surface area contributed by atoms with E-state index in [1.807, 2.05) is 18.2 Å². The van der Waals surface area contributed by atoms with Gasteiger partial charge in [0.1, 0.15) is 0 Å². The zero-order valence-corrected chi connectivity index (χ0v) is 15.4. The molecule has 2 N–H and O–H groups in total. The van der Waals surface area contributed by atoms with Crippen LogP contribution in [0.3, 0.4) is 0 Å². The molecule has 0 amide bonds. The van der Waals surface area contributed by atoms with E-state index in [9.17, 15) is 0 Å². The molecule has 0 saturated heterocycles. The van der Waals surface area contributed by atoms with Crippen LogP contribution >= 0.6 is 38.5 Å². The average Bonchev–Trinajstić information content (AvgIpc) is 2.86. The van der Waals surface area contributed by atoms with Crippen molar-refractivity contribution in [2.24, 2.45) is 5.73 Å². The second-order valence-electron chi connectivity index (χ2n) is 5.62. The highest BCUT2D eigenvalue weighted by molar-refractivity contribution is 14.1. The molecule has 3 rings (SSSR count). The third kappa shape index (κ3) is 3.32. The Morgan fingerprint density at radius 3 is 2.62 bits per heavy atom.